The summed E-state index contributed by atoms with van der Waals surface area (Å²) in [7, 11) is 1.31. The van der Waals surface area contributed by atoms with Gasteiger partial charge in [-0.2, -0.15) is 5.10 Å². The number of benzene rings is 1. The summed E-state index contributed by atoms with van der Waals surface area (Å²) in [5.74, 6) is -0.906. The Bertz CT molecular complexity index is 788. The Labute approximate surface area is 155 Å². The van der Waals surface area contributed by atoms with Gasteiger partial charge >= 0.3 is 11.7 Å². The zero-order valence-electron chi connectivity index (χ0n) is 15.4. The lowest BCUT2D eigenvalue weighted by molar-refractivity contribution is -0.393. The van der Waals surface area contributed by atoms with Crippen molar-refractivity contribution < 1.29 is 19.4 Å². The number of esters is 1. The Balaban J connectivity index is 2.44. The van der Waals surface area contributed by atoms with E-state index >= 15 is 0 Å². The molecule has 146 valence electrons. The summed E-state index contributed by atoms with van der Waals surface area (Å²) >= 11 is 0. The molecule has 0 unspecified atom stereocenters. The first-order valence-electron chi connectivity index (χ1n) is 8.64. The molecule has 0 radical (unpaired) electrons. The highest BCUT2D eigenvalue weighted by Crippen LogP contribution is 2.45. The second kappa shape index (κ2) is 8.11. The molecule has 0 aromatic heterocycles. The molecule has 1 atom stereocenters. The van der Waals surface area contributed by atoms with Gasteiger partial charge in [-0.1, -0.05) is 13.8 Å². The van der Waals surface area contributed by atoms with Crippen molar-refractivity contribution in [2.24, 2.45) is 16.4 Å². The second-order valence-electron chi connectivity index (χ2n) is 6.43. The smallest absolute Gasteiger partial charge is 0.314 e. The first kappa shape index (κ1) is 20.3. The number of ether oxygens (including phenoxy) is 1. The monoisotopic (exact) mass is 378 g/mol. The Morgan fingerprint density at radius 1 is 1.30 bits per heavy atom. The summed E-state index contributed by atoms with van der Waals surface area (Å²) < 4.78 is 4.87. The summed E-state index contributed by atoms with van der Waals surface area (Å²) in [6, 6.07) is 3.28. The molecule has 1 N–H and O–H groups in total. The van der Waals surface area contributed by atoms with Crippen molar-refractivity contribution in [2.45, 2.75) is 39.5 Å². The van der Waals surface area contributed by atoms with E-state index in [1.54, 1.807) is 0 Å². The molecule has 1 aromatic carbocycles. The maximum atomic E-state index is 12.1. The molecule has 0 heterocycles. The van der Waals surface area contributed by atoms with Crippen LogP contribution < -0.4 is 5.43 Å². The molecule has 10 nitrogen and oxygen atoms in total. The van der Waals surface area contributed by atoms with Gasteiger partial charge in [0.05, 0.1) is 34.7 Å². The number of carbonyl (C=O) groups is 1. The van der Waals surface area contributed by atoms with E-state index < -0.39 is 27.4 Å². The largest absolute Gasteiger partial charge is 0.469 e. The van der Waals surface area contributed by atoms with Gasteiger partial charge in [0.25, 0.3) is 5.69 Å². The van der Waals surface area contributed by atoms with Crippen molar-refractivity contribution in [3.05, 3.63) is 38.4 Å². The van der Waals surface area contributed by atoms with Crippen LogP contribution in [0.2, 0.25) is 0 Å². The van der Waals surface area contributed by atoms with Crippen LogP contribution in [0.3, 0.4) is 0 Å². The van der Waals surface area contributed by atoms with Gasteiger partial charge in [0.1, 0.15) is 5.69 Å². The molecule has 1 aromatic rings. The lowest BCUT2D eigenvalue weighted by atomic mass is 9.78. The number of hydrazone groups is 1. The zero-order valence-corrected chi connectivity index (χ0v) is 15.4. The van der Waals surface area contributed by atoms with Crippen LogP contribution in [0.4, 0.5) is 17.1 Å². The molecule has 10 heteroatoms. The lowest BCUT2D eigenvalue weighted by Gasteiger charge is -2.27. The maximum absolute atomic E-state index is 12.1. The lowest BCUT2D eigenvalue weighted by Crippen LogP contribution is -2.32. The SMILES string of the molecule is CCC1(CC)CC[C@@H](C(=O)OC)/C1=N/Nc1ccc([N+](=O)[O-])cc1[N+](=O)[O-]. The van der Waals surface area contributed by atoms with Crippen molar-refractivity contribution >= 4 is 28.7 Å². The molecule has 0 aliphatic heterocycles. The summed E-state index contributed by atoms with van der Waals surface area (Å²) in [6.07, 6.45) is 2.89. The number of hydrogen-bond acceptors (Lipinski definition) is 8. The first-order chi connectivity index (χ1) is 12.8. The molecule has 27 heavy (non-hydrogen) atoms. The van der Waals surface area contributed by atoms with Gasteiger partial charge in [-0.3, -0.25) is 30.4 Å². The third-order valence-electron chi connectivity index (χ3n) is 5.31. The van der Waals surface area contributed by atoms with Gasteiger partial charge in [0.15, 0.2) is 0 Å². The van der Waals surface area contributed by atoms with E-state index in [4.69, 9.17) is 4.74 Å². The van der Waals surface area contributed by atoms with Gasteiger partial charge < -0.3 is 4.74 Å². The Morgan fingerprint density at radius 3 is 2.48 bits per heavy atom. The standard InChI is InChI=1S/C17H22N4O6/c1-4-17(5-2)9-8-12(16(22)27-3)15(17)19-18-13-7-6-11(20(23)24)10-14(13)21(25)26/h6-7,10,12,18H,4-5,8-9H2,1-3H3/b19-15-/t12-/m1/s1. The quantitative estimate of drug-likeness (QED) is 0.434. The number of nitro benzene ring substituents is 2. The first-order valence-corrected chi connectivity index (χ1v) is 8.64. The molecule has 1 aliphatic carbocycles. The van der Waals surface area contributed by atoms with Gasteiger partial charge in [-0.25, -0.2) is 0 Å². The highest BCUT2D eigenvalue weighted by molar-refractivity contribution is 6.07. The number of nitrogens with zero attached hydrogens (tertiary/aromatic N) is 3. The van der Waals surface area contributed by atoms with E-state index in [0.29, 0.717) is 12.1 Å². The van der Waals surface area contributed by atoms with Crippen molar-refractivity contribution in [3.8, 4) is 0 Å². The third kappa shape index (κ3) is 3.88. The van der Waals surface area contributed by atoms with E-state index in [1.807, 2.05) is 13.8 Å². The molecule has 2 rings (SSSR count). The van der Waals surface area contributed by atoms with E-state index in [-0.39, 0.29) is 16.8 Å². The Morgan fingerprint density at radius 2 is 1.96 bits per heavy atom. The second-order valence-corrected chi connectivity index (χ2v) is 6.43. The normalized spacial score (nSPS) is 19.7. The van der Waals surface area contributed by atoms with Gasteiger partial charge in [0.2, 0.25) is 0 Å². The summed E-state index contributed by atoms with van der Waals surface area (Å²) in [5, 5.41) is 26.5. The van der Waals surface area contributed by atoms with E-state index in [9.17, 15) is 25.0 Å². The minimum atomic E-state index is -0.713. The number of methoxy groups -OCH3 is 1. The minimum Gasteiger partial charge on any atom is -0.469 e. The molecule has 1 aliphatic rings. The Hall–Kier alpha value is -3.04. The molecule has 0 amide bonds. The highest BCUT2D eigenvalue weighted by Gasteiger charge is 2.46. The van der Waals surface area contributed by atoms with Gasteiger partial charge in [0, 0.05) is 11.5 Å². The van der Waals surface area contributed by atoms with Crippen LogP contribution in [-0.4, -0.2) is 28.6 Å². The number of nitrogens with one attached hydrogen (secondary N) is 1. The molecular weight excluding hydrogens is 356 g/mol. The van der Waals surface area contributed by atoms with Crippen molar-refractivity contribution in [1.82, 2.24) is 0 Å². The van der Waals surface area contributed by atoms with Crippen molar-refractivity contribution in [1.29, 1.82) is 0 Å². The number of rotatable bonds is 7. The van der Waals surface area contributed by atoms with E-state index in [1.165, 1.54) is 13.2 Å². The molecule has 0 bridgehead atoms. The fourth-order valence-corrected chi connectivity index (χ4v) is 3.59. The molecule has 1 saturated carbocycles. The maximum Gasteiger partial charge on any atom is 0.314 e. The van der Waals surface area contributed by atoms with Crippen LogP contribution in [0.25, 0.3) is 0 Å². The highest BCUT2D eigenvalue weighted by atomic mass is 16.6. The predicted molar refractivity (Wildman–Crippen MR) is 98.6 cm³/mol. The topological polar surface area (TPSA) is 137 Å². The Kier molecular flexibility index (Phi) is 6.09. The number of hydrogen-bond donors (Lipinski definition) is 1. The molecule has 0 spiro atoms. The van der Waals surface area contributed by atoms with Crippen LogP contribution in [0.5, 0.6) is 0 Å². The van der Waals surface area contributed by atoms with E-state index in [2.05, 4.69) is 10.5 Å². The van der Waals surface area contributed by atoms with E-state index in [0.717, 1.165) is 31.4 Å². The minimum absolute atomic E-state index is 0.0229. The third-order valence-corrected chi connectivity index (χ3v) is 5.31. The van der Waals surface area contributed by atoms with Gasteiger partial charge in [-0.05, 0) is 31.7 Å². The average Bonchev–Trinajstić information content (AvgIpc) is 3.04. The van der Waals surface area contributed by atoms with Crippen molar-refractivity contribution in [3.63, 3.8) is 0 Å². The zero-order chi connectivity index (χ0) is 20.2. The molecular formula is C17H22N4O6. The van der Waals surface area contributed by atoms with Crippen LogP contribution in [0.15, 0.2) is 23.3 Å². The fraction of sp³-hybridized carbons (Fsp3) is 0.529. The predicted octanol–water partition coefficient (Wildman–Crippen LogP) is 3.66. The summed E-state index contributed by atoms with van der Waals surface area (Å²) in [4.78, 5) is 32.8. The molecule has 0 saturated heterocycles. The number of nitro groups is 2. The number of carbonyl (C=O) groups excluding carboxylic acids is 1. The van der Waals surface area contributed by atoms with Crippen molar-refractivity contribution in [2.75, 3.05) is 12.5 Å². The van der Waals surface area contributed by atoms with Crippen LogP contribution in [0.1, 0.15) is 39.5 Å². The number of non-ortho nitro benzene ring substituents is 1. The van der Waals surface area contributed by atoms with Crippen LogP contribution in [-0.2, 0) is 9.53 Å². The van der Waals surface area contributed by atoms with Crippen LogP contribution in [0, 0.1) is 31.6 Å². The fourth-order valence-electron chi connectivity index (χ4n) is 3.59. The number of anilines is 1. The van der Waals surface area contributed by atoms with Crippen LogP contribution >= 0.6 is 0 Å². The molecule has 1 fully saturated rings. The van der Waals surface area contributed by atoms with Gasteiger partial charge in [-0.15, -0.1) is 0 Å². The average molecular weight is 378 g/mol. The summed E-state index contributed by atoms with van der Waals surface area (Å²) in [5.41, 5.74) is 2.14. The summed E-state index contributed by atoms with van der Waals surface area (Å²) in [6.45, 7) is 4.01.